The molecular formula is C30H37N5O2. The van der Waals surface area contributed by atoms with Crippen molar-refractivity contribution in [3.63, 3.8) is 0 Å². The second-order valence-electron chi connectivity index (χ2n) is 11.4. The fourth-order valence-electron chi connectivity index (χ4n) is 5.35. The molecule has 37 heavy (non-hydrogen) atoms. The summed E-state index contributed by atoms with van der Waals surface area (Å²) in [6, 6.07) is 14.0. The Bertz CT molecular complexity index is 1300. The molecule has 0 saturated carbocycles. The minimum atomic E-state index is -0.405. The van der Waals surface area contributed by atoms with Gasteiger partial charge in [-0.1, -0.05) is 32.0 Å². The van der Waals surface area contributed by atoms with Gasteiger partial charge in [-0.25, -0.2) is 9.97 Å². The number of aromatic nitrogens is 2. The number of primary amides is 1. The molecule has 1 aliphatic heterocycles. The predicted molar refractivity (Wildman–Crippen MR) is 146 cm³/mol. The maximum absolute atomic E-state index is 11.4. The maximum Gasteiger partial charge on any atom is 0.248 e. The number of ether oxygens (including phenoxy) is 1. The summed E-state index contributed by atoms with van der Waals surface area (Å²) in [6.45, 7) is 7.56. The van der Waals surface area contributed by atoms with Crippen LogP contribution in [-0.2, 0) is 32.4 Å². The van der Waals surface area contributed by atoms with E-state index in [2.05, 4.69) is 55.9 Å². The molecule has 7 heteroatoms. The summed E-state index contributed by atoms with van der Waals surface area (Å²) in [4.78, 5) is 26.0. The molecular weight excluding hydrogens is 462 g/mol. The number of hydrogen-bond donors (Lipinski definition) is 1. The molecule has 0 saturated heterocycles. The van der Waals surface area contributed by atoms with Crippen molar-refractivity contribution in [1.82, 2.24) is 14.9 Å². The van der Waals surface area contributed by atoms with Crippen LogP contribution in [0.25, 0.3) is 0 Å². The normalized spacial score (nSPS) is 16.5. The van der Waals surface area contributed by atoms with Gasteiger partial charge in [0, 0.05) is 28.9 Å². The SMILES string of the molecule is CN(C)Cc1nc2c(c(N3CCOc4ccc(Cc5ccc(C(N)=O)cc5)cc4C3)n1)CC(C)(C)CC2. The topological polar surface area (TPSA) is 84.6 Å². The third-order valence-corrected chi connectivity index (χ3v) is 7.32. The van der Waals surface area contributed by atoms with Crippen molar-refractivity contribution < 1.29 is 9.53 Å². The Labute approximate surface area is 219 Å². The number of anilines is 1. The number of hydrogen-bond acceptors (Lipinski definition) is 6. The Balaban J connectivity index is 1.45. The van der Waals surface area contributed by atoms with E-state index in [1.165, 1.54) is 22.4 Å². The molecule has 0 atom stereocenters. The van der Waals surface area contributed by atoms with Gasteiger partial charge >= 0.3 is 0 Å². The summed E-state index contributed by atoms with van der Waals surface area (Å²) in [5.41, 5.74) is 12.2. The van der Waals surface area contributed by atoms with E-state index in [1.807, 2.05) is 12.1 Å². The van der Waals surface area contributed by atoms with Crippen LogP contribution < -0.4 is 15.4 Å². The summed E-state index contributed by atoms with van der Waals surface area (Å²) in [7, 11) is 4.12. The van der Waals surface area contributed by atoms with Crippen LogP contribution in [0.4, 0.5) is 5.82 Å². The van der Waals surface area contributed by atoms with Gasteiger partial charge in [0.1, 0.15) is 24.0 Å². The number of benzene rings is 2. The first-order valence-electron chi connectivity index (χ1n) is 13.1. The number of nitrogens with zero attached hydrogens (tertiary/aromatic N) is 4. The second kappa shape index (κ2) is 10.1. The number of nitrogens with two attached hydrogens (primary N) is 1. The highest BCUT2D eigenvalue weighted by molar-refractivity contribution is 5.92. The molecule has 0 fully saturated rings. The maximum atomic E-state index is 11.4. The van der Waals surface area contributed by atoms with Gasteiger partial charge in [-0.2, -0.15) is 0 Å². The molecule has 0 radical (unpaired) electrons. The number of aryl methyl sites for hydroxylation is 1. The van der Waals surface area contributed by atoms with Crippen LogP contribution >= 0.6 is 0 Å². The van der Waals surface area contributed by atoms with Gasteiger partial charge < -0.3 is 20.3 Å². The average Bonchev–Trinajstić information content (AvgIpc) is 3.05. The largest absolute Gasteiger partial charge is 0.491 e. The molecule has 0 bridgehead atoms. The van der Waals surface area contributed by atoms with Gasteiger partial charge in [0.2, 0.25) is 5.91 Å². The summed E-state index contributed by atoms with van der Waals surface area (Å²) >= 11 is 0. The summed E-state index contributed by atoms with van der Waals surface area (Å²) in [6.07, 6.45) is 3.91. The van der Waals surface area contributed by atoms with Crippen LogP contribution in [-0.4, -0.2) is 48.0 Å². The van der Waals surface area contributed by atoms with E-state index < -0.39 is 5.91 Å². The van der Waals surface area contributed by atoms with E-state index in [1.54, 1.807) is 12.1 Å². The van der Waals surface area contributed by atoms with E-state index in [4.69, 9.17) is 20.4 Å². The smallest absolute Gasteiger partial charge is 0.248 e. The molecule has 5 rings (SSSR count). The van der Waals surface area contributed by atoms with Crippen LogP contribution in [0.5, 0.6) is 5.75 Å². The predicted octanol–water partition coefficient (Wildman–Crippen LogP) is 4.14. The molecule has 1 aliphatic carbocycles. The van der Waals surface area contributed by atoms with Crippen molar-refractivity contribution in [2.45, 2.75) is 52.6 Å². The van der Waals surface area contributed by atoms with E-state index >= 15 is 0 Å². The highest BCUT2D eigenvalue weighted by Crippen LogP contribution is 2.39. The van der Waals surface area contributed by atoms with Gasteiger partial charge in [-0.3, -0.25) is 4.79 Å². The Kier molecular flexibility index (Phi) is 6.90. The number of rotatable bonds is 6. The summed E-state index contributed by atoms with van der Waals surface area (Å²) in [5.74, 6) is 2.49. The first-order valence-corrected chi connectivity index (χ1v) is 13.1. The molecule has 0 spiro atoms. The van der Waals surface area contributed by atoms with Crippen molar-refractivity contribution in [3.8, 4) is 5.75 Å². The Morgan fingerprint density at radius 1 is 1.11 bits per heavy atom. The number of carbonyl (C=O) groups is 1. The minimum absolute atomic E-state index is 0.242. The average molecular weight is 500 g/mol. The lowest BCUT2D eigenvalue weighted by molar-refractivity contribution is 0.100. The molecule has 2 N–H and O–H groups in total. The molecule has 1 aromatic heterocycles. The quantitative estimate of drug-likeness (QED) is 0.549. The zero-order chi connectivity index (χ0) is 26.2. The molecule has 2 aliphatic rings. The Morgan fingerprint density at radius 3 is 2.59 bits per heavy atom. The van der Waals surface area contributed by atoms with Crippen molar-refractivity contribution in [2.24, 2.45) is 11.1 Å². The highest BCUT2D eigenvalue weighted by atomic mass is 16.5. The molecule has 0 unspecified atom stereocenters. The van der Waals surface area contributed by atoms with Crippen molar-refractivity contribution in [1.29, 1.82) is 0 Å². The van der Waals surface area contributed by atoms with Crippen LogP contribution in [0.15, 0.2) is 42.5 Å². The summed E-state index contributed by atoms with van der Waals surface area (Å²) in [5, 5.41) is 0. The summed E-state index contributed by atoms with van der Waals surface area (Å²) < 4.78 is 6.18. The van der Waals surface area contributed by atoms with Crippen LogP contribution in [0.2, 0.25) is 0 Å². The molecule has 2 heterocycles. The van der Waals surface area contributed by atoms with Gasteiger partial charge in [0.05, 0.1) is 13.1 Å². The first-order chi connectivity index (χ1) is 17.7. The second-order valence-corrected chi connectivity index (χ2v) is 11.4. The first kappa shape index (κ1) is 25.2. The zero-order valence-corrected chi connectivity index (χ0v) is 22.4. The fraction of sp³-hybridized carbons (Fsp3) is 0.433. The van der Waals surface area contributed by atoms with Gasteiger partial charge in [-0.05, 0) is 80.6 Å². The number of fused-ring (bicyclic) bond motifs is 2. The lowest BCUT2D eigenvalue weighted by Crippen LogP contribution is -2.32. The molecule has 194 valence electrons. The van der Waals surface area contributed by atoms with Crippen molar-refractivity contribution >= 4 is 11.7 Å². The molecule has 3 aromatic rings. The Hall–Kier alpha value is -3.45. The monoisotopic (exact) mass is 499 g/mol. The van der Waals surface area contributed by atoms with Gasteiger partial charge in [-0.15, -0.1) is 0 Å². The Morgan fingerprint density at radius 2 is 1.86 bits per heavy atom. The van der Waals surface area contributed by atoms with Crippen LogP contribution in [0.3, 0.4) is 0 Å². The standard InChI is InChI=1S/C30H37N5O2/c1-30(2)12-11-25-24(17-30)29(33-27(32-25)19-34(3)4)35-13-14-37-26-10-7-21(16-23(26)18-35)15-20-5-8-22(9-6-20)28(31)36/h5-10,16H,11-15,17-19H2,1-4H3,(H2,31,36). The third kappa shape index (κ3) is 5.77. The molecule has 2 aromatic carbocycles. The highest BCUT2D eigenvalue weighted by Gasteiger charge is 2.31. The lowest BCUT2D eigenvalue weighted by atomic mass is 9.76. The van der Waals surface area contributed by atoms with Crippen molar-refractivity contribution in [2.75, 3.05) is 32.1 Å². The number of carbonyl (C=O) groups excluding carboxylic acids is 1. The van der Waals surface area contributed by atoms with Crippen LogP contribution in [0, 0.1) is 5.41 Å². The van der Waals surface area contributed by atoms with Crippen molar-refractivity contribution in [3.05, 3.63) is 81.8 Å². The van der Waals surface area contributed by atoms with Gasteiger partial charge in [0.15, 0.2) is 0 Å². The number of amides is 1. The van der Waals surface area contributed by atoms with E-state index in [0.29, 0.717) is 12.2 Å². The van der Waals surface area contributed by atoms with Crippen LogP contribution in [0.1, 0.15) is 64.4 Å². The minimum Gasteiger partial charge on any atom is -0.491 e. The van der Waals surface area contributed by atoms with E-state index in [0.717, 1.165) is 68.3 Å². The lowest BCUT2D eigenvalue weighted by Gasteiger charge is -2.34. The fourth-order valence-corrected chi connectivity index (χ4v) is 5.35. The molecule has 7 nitrogen and oxygen atoms in total. The third-order valence-electron chi connectivity index (χ3n) is 7.32. The van der Waals surface area contributed by atoms with E-state index in [9.17, 15) is 4.79 Å². The van der Waals surface area contributed by atoms with Gasteiger partial charge in [0.25, 0.3) is 0 Å². The van der Waals surface area contributed by atoms with E-state index in [-0.39, 0.29) is 5.41 Å². The zero-order valence-electron chi connectivity index (χ0n) is 22.4. The molecule has 1 amide bonds.